The third-order valence-corrected chi connectivity index (χ3v) is 6.51. The largest absolute Gasteiger partial charge is 0.497 e. The Morgan fingerprint density at radius 2 is 1.88 bits per heavy atom. The van der Waals surface area contributed by atoms with Gasteiger partial charge in [0.05, 0.1) is 31.5 Å². The van der Waals surface area contributed by atoms with Crippen molar-refractivity contribution in [2.24, 2.45) is 0 Å². The molecule has 2 aromatic heterocycles. The number of nitrogens with zero attached hydrogens (tertiary/aromatic N) is 3. The molecule has 1 N–H and O–H groups in total. The van der Waals surface area contributed by atoms with Gasteiger partial charge in [-0.3, -0.25) is 4.98 Å². The molecule has 32 heavy (non-hydrogen) atoms. The molecule has 1 aliphatic rings. The summed E-state index contributed by atoms with van der Waals surface area (Å²) in [6, 6.07) is 16.5. The zero-order valence-corrected chi connectivity index (χ0v) is 19.9. The van der Waals surface area contributed by atoms with Crippen LogP contribution in [0.5, 0.6) is 5.75 Å². The van der Waals surface area contributed by atoms with E-state index in [0.717, 1.165) is 23.1 Å². The van der Waals surface area contributed by atoms with Gasteiger partial charge < -0.3 is 24.3 Å². The monoisotopic (exact) mass is 450 g/mol. The lowest BCUT2D eigenvalue weighted by Gasteiger charge is -2.28. The molecule has 0 unspecified atom stereocenters. The van der Waals surface area contributed by atoms with Crippen molar-refractivity contribution in [2.75, 3.05) is 20.8 Å². The van der Waals surface area contributed by atoms with Crippen LogP contribution in [0.3, 0.4) is 0 Å². The molecule has 4 rings (SSSR count). The van der Waals surface area contributed by atoms with E-state index in [-0.39, 0.29) is 12.1 Å². The number of benzene rings is 1. The molecule has 3 heterocycles. The summed E-state index contributed by atoms with van der Waals surface area (Å²) in [4.78, 5) is 6.93. The van der Waals surface area contributed by atoms with E-state index in [1.165, 1.54) is 22.5 Å². The van der Waals surface area contributed by atoms with Gasteiger partial charge in [0.1, 0.15) is 5.75 Å². The van der Waals surface area contributed by atoms with Crippen LogP contribution in [0.4, 0.5) is 0 Å². The highest BCUT2D eigenvalue weighted by Gasteiger charge is 2.41. The number of thiocarbonyl (C=S) groups is 1. The van der Waals surface area contributed by atoms with Crippen LogP contribution in [0.25, 0.3) is 0 Å². The van der Waals surface area contributed by atoms with E-state index in [4.69, 9.17) is 21.7 Å². The standard InChI is InChI=1S/C25H30N4O2S/c1-17-15-21(18(2)28(17)13-14-30-3)24-23(22-7-5-6-12-26-22)27-25(32)29(24)16-19-8-10-20(31-4)11-9-19/h5-12,15,23-24H,13-14,16H2,1-4H3,(H,27,32)/t23-,24+/m1/s1. The fourth-order valence-corrected chi connectivity index (χ4v) is 4.80. The van der Waals surface area contributed by atoms with Crippen molar-refractivity contribution >= 4 is 17.3 Å². The number of hydrogen-bond donors (Lipinski definition) is 1. The van der Waals surface area contributed by atoms with Crippen LogP contribution in [0.1, 0.15) is 40.3 Å². The van der Waals surface area contributed by atoms with Crippen LogP contribution in [0.2, 0.25) is 0 Å². The lowest BCUT2D eigenvalue weighted by atomic mass is 9.96. The number of methoxy groups -OCH3 is 2. The molecule has 1 fully saturated rings. The van der Waals surface area contributed by atoms with E-state index in [1.807, 2.05) is 30.5 Å². The van der Waals surface area contributed by atoms with Gasteiger partial charge in [-0.1, -0.05) is 18.2 Å². The number of nitrogens with one attached hydrogen (secondary N) is 1. The fraction of sp³-hybridized carbons (Fsp3) is 0.360. The number of pyridine rings is 1. The Kier molecular flexibility index (Phi) is 6.77. The maximum Gasteiger partial charge on any atom is 0.170 e. The molecule has 0 spiro atoms. The zero-order chi connectivity index (χ0) is 22.7. The van der Waals surface area contributed by atoms with Gasteiger partial charge >= 0.3 is 0 Å². The van der Waals surface area contributed by atoms with Crippen molar-refractivity contribution in [3.63, 3.8) is 0 Å². The van der Waals surface area contributed by atoms with Crippen LogP contribution in [-0.4, -0.2) is 40.4 Å². The predicted molar refractivity (Wildman–Crippen MR) is 130 cm³/mol. The van der Waals surface area contributed by atoms with Gasteiger partial charge in [0.2, 0.25) is 0 Å². The van der Waals surface area contributed by atoms with Gasteiger partial charge in [0.15, 0.2) is 5.11 Å². The molecule has 1 aliphatic heterocycles. The summed E-state index contributed by atoms with van der Waals surface area (Å²) >= 11 is 5.83. The van der Waals surface area contributed by atoms with E-state index < -0.39 is 0 Å². The summed E-state index contributed by atoms with van der Waals surface area (Å²) in [5.74, 6) is 0.848. The molecular formula is C25H30N4O2S. The van der Waals surface area contributed by atoms with Gasteiger partial charge in [-0.25, -0.2) is 0 Å². The van der Waals surface area contributed by atoms with Crippen LogP contribution in [-0.2, 0) is 17.8 Å². The van der Waals surface area contributed by atoms with Gasteiger partial charge in [-0.05, 0) is 67.5 Å². The lowest BCUT2D eigenvalue weighted by molar-refractivity contribution is 0.186. The van der Waals surface area contributed by atoms with Crippen LogP contribution in [0.15, 0.2) is 54.7 Å². The highest BCUT2D eigenvalue weighted by molar-refractivity contribution is 7.80. The molecule has 1 aromatic carbocycles. The molecule has 2 atom stereocenters. The maximum absolute atomic E-state index is 5.83. The maximum atomic E-state index is 5.83. The van der Waals surface area contributed by atoms with E-state index in [9.17, 15) is 0 Å². The predicted octanol–water partition coefficient (Wildman–Crippen LogP) is 4.33. The first kappa shape index (κ1) is 22.3. The minimum absolute atomic E-state index is 0.0293. The van der Waals surface area contributed by atoms with E-state index in [1.54, 1.807) is 14.2 Å². The summed E-state index contributed by atoms with van der Waals surface area (Å²) in [5.41, 5.74) is 5.87. The van der Waals surface area contributed by atoms with Gasteiger partial charge in [-0.2, -0.15) is 0 Å². The van der Waals surface area contributed by atoms with Gasteiger partial charge in [0.25, 0.3) is 0 Å². The molecule has 168 valence electrons. The molecule has 0 aliphatic carbocycles. The SMILES string of the molecule is COCCn1c(C)cc([C@H]2[C@@H](c3ccccn3)NC(=S)N2Cc2ccc(OC)cc2)c1C. The van der Waals surface area contributed by atoms with Crippen molar-refractivity contribution in [3.05, 3.63) is 82.9 Å². The van der Waals surface area contributed by atoms with E-state index >= 15 is 0 Å². The molecule has 0 amide bonds. The van der Waals surface area contributed by atoms with Gasteiger partial charge in [0, 0.05) is 37.8 Å². The average molecular weight is 451 g/mol. The third kappa shape index (κ3) is 4.36. The highest BCUT2D eigenvalue weighted by Crippen LogP contribution is 2.41. The quantitative estimate of drug-likeness (QED) is 0.516. The van der Waals surface area contributed by atoms with Crippen LogP contribution in [0, 0.1) is 13.8 Å². The van der Waals surface area contributed by atoms with Crippen molar-refractivity contribution in [2.45, 2.75) is 39.0 Å². The Balaban J connectivity index is 1.74. The zero-order valence-electron chi connectivity index (χ0n) is 19.0. The molecule has 6 nitrogen and oxygen atoms in total. The average Bonchev–Trinajstić information content (AvgIpc) is 3.28. The molecule has 3 aromatic rings. The minimum atomic E-state index is -0.0293. The van der Waals surface area contributed by atoms with Crippen LogP contribution < -0.4 is 10.1 Å². The summed E-state index contributed by atoms with van der Waals surface area (Å²) in [7, 11) is 3.42. The first-order valence-electron chi connectivity index (χ1n) is 10.8. The smallest absolute Gasteiger partial charge is 0.170 e. The Morgan fingerprint density at radius 1 is 1.09 bits per heavy atom. The molecule has 1 saturated heterocycles. The summed E-state index contributed by atoms with van der Waals surface area (Å²) in [6.45, 7) is 6.53. The van der Waals surface area contributed by atoms with Crippen molar-refractivity contribution < 1.29 is 9.47 Å². The summed E-state index contributed by atoms with van der Waals surface area (Å²) in [5, 5.41) is 4.29. The minimum Gasteiger partial charge on any atom is -0.497 e. The number of ether oxygens (including phenoxy) is 2. The topological polar surface area (TPSA) is 51.5 Å². The molecule has 0 radical (unpaired) electrons. The van der Waals surface area contributed by atoms with Crippen molar-refractivity contribution in [3.8, 4) is 5.75 Å². The second-order valence-corrected chi connectivity index (χ2v) is 8.46. The summed E-state index contributed by atoms with van der Waals surface area (Å²) < 4.78 is 13.0. The fourth-order valence-electron chi connectivity index (χ4n) is 4.50. The van der Waals surface area contributed by atoms with Crippen molar-refractivity contribution in [1.29, 1.82) is 0 Å². The molecule has 0 saturated carbocycles. The Bertz CT molecular complexity index is 1070. The van der Waals surface area contributed by atoms with Crippen LogP contribution >= 0.6 is 12.2 Å². The first-order chi connectivity index (χ1) is 15.5. The molecule has 7 heteroatoms. The summed E-state index contributed by atoms with van der Waals surface area (Å²) in [6.07, 6.45) is 1.84. The lowest BCUT2D eigenvalue weighted by Crippen LogP contribution is -2.29. The number of aromatic nitrogens is 2. The number of rotatable bonds is 8. The Labute approximate surface area is 195 Å². The molecular weight excluding hydrogens is 420 g/mol. The van der Waals surface area contributed by atoms with Gasteiger partial charge in [-0.15, -0.1) is 0 Å². The highest BCUT2D eigenvalue weighted by atomic mass is 32.1. The second kappa shape index (κ2) is 9.71. The third-order valence-electron chi connectivity index (χ3n) is 6.16. The molecule has 0 bridgehead atoms. The van der Waals surface area contributed by atoms with E-state index in [2.05, 4.69) is 57.9 Å². The second-order valence-electron chi connectivity index (χ2n) is 8.07. The number of aryl methyl sites for hydroxylation is 1. The normalized spacial score (nSPS) is 18.1. The van der Waals surface area contributed by atoms with E-state index in [0.29, 0.717) is 13.2 Å². The number of hydrogen-bond acceptors (Lipinski definition) is 4. The Hall–Kier alpha value is -2.90. The first-order valence-corrected chi connectivity index (χ1v) is 11.2. The van der Waals surface area contributed by atoms with Crippen molar-refractivity contribution in [1.82, 2.24) is 19.8 Å². The Morgan fingerprint density at radius 3 is 2.53 bits per heavy atom.